The summed E-state index contributed by atoms with van der Waals surface area (Å²) >= 11 is 0. The van der Waals surface area contributed by atoms with Crippen molar-refractivity contribution in [1.82, 2.24) is 34.5 Å². The molecule has 0 radical (unpaired) electrons. The van der Waals surface area contributed by atoms with E-state index in [9.17, 15) is 37.2 Å². The number of rotatable bonds is 18. The van der Waals surface area contributed by atoms with E-state index in [1.165, 1.54) is 18.2 Å². The lowest BCUT2D eigenvalue weighted by Crippen LogP contribution is -2.54. The molecule has 1 atom stereocenters. The number of piperidine rings is 1. The van der Waals surface area contributed by atoms with Gasteiger partial charge in [0.15, 0.2) is 6.61 Å². The van der Waals surface area contributed by atoms with Gasteiger partial charge in [-0.05, 0) is 49.2 Å². The van der Waals surface area contributed by atoms with Gasteiger partial charge in [-0.2, -0.15) is 13.1 Å². The molecule has 2 fully saturated rings. The van der Waals surface area contributed by atoms with Gasteiger partial charge in [0.25, 0.3) is 33.8 Å². The number of hydrogen-bond donors (Lipinski definition) is 4. The number of pyridine rings is 1. The lowest BCUT2D eigenvalue weighted by atomic mass is 10.0. The summed E-state index contributed by atoms with van der Waals surface area (Å²) in [4.78, 5) is 82.2. The van der Waals surface area contributed by atoms with Crippen LogP contribution in [-0.4, -0.2) is 128 Å². The van der Waals surface area contributed by atoms with E-state index in [0.717, 1.165) is 24.4 Å². The molecule has 3 aliphatic rings. The van der Waals surface area contributed by atoms with Crippen LogP contribution in [-0.2, 0) is 34.1 Å². The summed E-state index contributed by atoms with van der Waals surface area (Å²) < 4.78 is 48.5. The molecule has 19 nitrogen and oxygen atoms in total. The zero-order chi connectivity index (χ0) is 40.8. The summed E-state index contributed by atoms with van der Waals surface area (Å²) in [5.74, 6) is -3.16. The van der Waals surface area contributed by atoms with E-state index in [0.29, 0.717) is 28.2 Å². The minimum absolute atomic E-state index is 0.00463. The molecule has 2 aromatic carbocycles. The number of carbonyl (C=O) groups is 6. The molecule has 4 N–H and O–H groups in total. The molecule has 2 aromatic heterocycles. The second-order valence-corrected chi connectivity index (χ2v) is 15.0. The normalized spacial score (nSPS) is 16.6. The van der Waals surface area contributed by atoms with E-state index in [1.807, 2.05) is 6.07 Å². The van der Waals surface area contributed by atoms with Gasteiger partial charge in [-0.1, -0.05) is 18.2 Å². The van der Waals surface area contributed by atoms with Crippen LogP contribution >= 0.6 is 0 Å². The molecule has 0 spiro atoms. The van der Waals surface area contributed by atoms with E-state index in [1.54, 1.807) is 52.0 Å². The smallest absolute Gasteiger partial charge is 0.299 e. The van der Waals surface area contributed by atoms with E-state index >= 15 is 0 Å². The Labute approximate surface area is 332 Å². The van der Waals surface area contributed by atoms with E-state index in [2.05, 4.69) is 25.1 Å². The number of likely N-dealkylation sites (tertiary alicyclic amines) is 1. The maximum atomic E-state index is 13.2. The van der Waals surface area contributed by atoms with Crippen LogP contribution in [0.2, 0.25) is 0 Å². The van der Waals surface area contributed by atoms with E-state index in [4.69, 9.17) is 14.2 Å². The van der Waals surface area contributed by atoms with Gasteiger partial charge in [0.2, 0.25) is 11.8 Å². The van der Waals surface area contributed by atoms with Crippen LogP contribution in [0.1, 0.15) is 50.3 Å². The first-order valence-electron chi connectivity index (χ1n) is 18.5. The van der Waals surface area contributed by atoms with E-state index < -0.39 is 52.4 Å². The van der Waals surface area contributed by atoms with Crippen LogP contribution in [0.3, 0.4) is 0 Å². The molecule has 3 aliphatic heterocycles. The summed E-state index contributed by atoms with van der Waals surface area (Å²) in [6, 6.07) is 13.6. The predicted octanol–water partition coefficient (Wildman–Crippen LogP) is 0.723. The number of aromatic nitrogens is 2. The second-order valence-electron chi connectivity index (χ2n) is 13.5. The fourth-order valence-corrected chi connectivity index (χ4v) is 7.39. The molecule has 304 valence electrons. The quantitative estimate of drug-likeness (QED) is 0.0804. The molecular formula is C38H40N8O11S. The van der Waals surface area contributed by atoms with Crippen molar-refractivity contribution in [2.24, 2.45) is 0 Å². The van der Waals surface area contributed by atoms with Gasteiger partial charge in [0, 0.05) is 50.6 Å². The van der Waals surface area contributed by atoms with Crippen LogP contribution < -0.4 is 24.8 Å². The fraction of sp³-hybridized carbons (Fsp3) is 0.342. The Morgan fingerprint density at radius 3 is 2.43 bits per heavy atom. The van der Waals surface area contributed by atoms with Crippen molar-refractivity contribution in [2.75, 3.05) is 63.9 Å². The highest BCUT2D eigenvalue weighted by atomic mass is 32.2. The third-order valence-corrected chi connectivity index (χ3v) is 10.6. The molecule has 0 saturated carbocycles. The van der Waals surface area contributed by atoms with Crippen molar-refractivity contribution < 1.29 is 51.4 Å². The SMILES string of the molecule is O=C(COc1cccc2c1C(=O)N(C1CCC(=O)NC1=O)C2=O)NCCOCCOCCNS(=O)(=O)Nc1cccc(-c2cn3cc(C(=O)N4CCC4)ccc3n2)c1. The van der Waals surface area contributed by atoms with Gasteiger partial charge >= 0.3 is 0 Å². The standard InChI is InChI=1S/C38H40N8O11S/c47-32-11-9-29(35(49)42-32)46-37(51)27-6-2-7-30(34(27)38(46)52)57-23-33(48)39-12-16-55-18-19-56-17-13-40-58(53,54)43-26-5-1-4-24(20-26)28-22-45-21-25(8-10-31(45)41-28)36(50)44-14-3-15-44/h1-2,4-8,10,20-22,29,40,43H,3,9,11-19,23H2,(H,39,48)(H,42,47,49). The molecule has 1 unspecified atom stereocenters. The lowest BCUT2D eigenvalue weighted by molar-refractivity contribution is -0.136. The molecule has 20 heteroatoms. The van der Waals surface area contributed by atoms with Gasteiger partial charge in [-0.3, -0.25) is 43.7 Å². The molecule has 6 amide bonds. The highest BCUT2D eigenvalue weighted by molar-refractivity contribution is 7.90. The Hall–Kier alpha value is -6.22. The second kappa shape index (κ2) is 17.5. The van der Waals surface area contributed by atoms with Gasteiger partial charge in [0.1, 0.15) is 17.4 Å². The van der Waals surface area contributed by atoms with Crippen LogP contribution in [0.4, 0.5) is 5.69 Å². The number of carbonyl (C=O) groups excluding carboxylic acids is 6. The lowest BCUT2D eigenvalue weighted by Gasteiger charge is -2.30. The number of anilines is 1. The Balaban J connectivity index is 0.766. The number of fused-ring (bicyclic) bond motifs is 2. The van der Waals surface area contributed by atoms with Gasteiger partial charge in [0.05, 0.1) is 54.5 Å². The topological polar surface area (TPSA) is 236 Å². The minimum Gasteiger partial charge on any atom is -0.483 e. The number of amides is 6. The highest BCUT2D eigenvalue weighted by Gasteiger charge is 2.46. The predicted molar refractivity (Wildman–Crippen MR) is 205 cm³/mol. The maximum absolute atomic E-state index is 13.2. The first-order chi connectivity index (χ1) is 28.0. The monoisotopic (exact) mass is 816 g/mol. The maximum Gasteiger partial charge on any atom is 0.299 e. The van der Waals surface area contributed by atoms with Crippen molar-refractivity contribution in [3.8, 4) is 17.0 Å². The fourth-order valence-electron chi connectivity index (χ4n) is 6.52. The van der Waals surface area contributed by atoms with E-state index in [-0.39, 0.29) is 75.1 Å². The number of imidazole rings is 1. The Bertz CT molecular complexity index is 2380. The third kappa shape index (κ3) is 9.15. The summed E-state index contributed by atoms with van der Waals surface area (Å²) in [5, 5.41) is 4.75. The number of nitrogens with one attached hydrogen (secondary N) is 4. The molecule has 0 aliphatic carbocycles. The zero-order valence-corrected chi connectivity index (χ0v) is 31.9. The van der Waals surface area contributed by atoms with Crippen LogP contribution in [0.15, 0.2) is 67.0 Å². The van der Waals surface area contributed by atoms with Crippen molar-refractivity contribution in [3.05, 3.63) is 83.7 Å². The summed E-state index contributed by atoms with van der Waals surface area (Å²) in [5.41, 5.74) is 2.83. The van der Waals surface area contributed by atoms with Crippen molar-refractivity contribution in [2.45, 2.75) is 25.3 Å². The third-order valence-electron chi connectivity index (χ3n) is 9.52. The zero-order valence-electron chi connectivity index (χ0n) is 31.1. The first kappa shape index (κ1) is 40.0. The van der Waals surface area contributed by atoms with Crippen molar-refractivity contribution >= 4 is 57.0 Å². The Morgan fingerprint density at radius 1 is 0.897 bits per heavy atom. The molecule has 2 saturated heterocycles. The summed E-state index contributed by atoms with van der Waals surface area (Å²) in [7, 11) is -3.92. The molecule has 0 bridgehead atoms. The van der Waals surface area contributed by atoms with Crippen molar-refractivity contribution in [1.29, 1.82) is 0 Å². The average Bonchev–Trinajstić information content (AvgIpc) is 3.72. The number of imide groups is 2. The van der Waals surface area contributed by atoms with Gasteiger partial charge < -0.3 is 28.8 Å². The Morgan fingerprint density at radius 2 is 1.67 bits per heavy atom. The van der Waals surface area contributed by atoms with Crippen LogP contribution in [0.25, 0.3) is 16.9 Å². The Kier molecular flexibility index (Phi) is 12.1. The van der Waals surface area contributed by atoms with Crippen LogP contribution in [0.5, 0.6) is 5.75 Å². The number of benzene rings is 2. The van der Waals surface area contributed by atoms with Gasteiger partial charge in [-0.15, -0.1) is 0 Å². The molecular weight excluding hydrogens is 777 g/mol. The molecule has 5 heterocycles. The van der Waals surface area contributed by atoms with Gasteiger partial charge in [-0.25, -0.2) is 4.98 Å². The molecule has 7 rings (SSSR count). The summed E-state index contributed by atoms with van der Waals surface area (Å²) in [6.07, 6.45) is 4.54. The number of ether oxygens (including phenoxy) is 3. The molecule has 4 aromatic rings. The first-order valence-corrected chi connectivity index (χ1v) is 20.0. The number of nitrogens with zero attached hydrogens (tertiary/aromatic N) is 4. The molecule has 58 heavy (non-hydrogen) atoms. The average molecular weight is 817 g/mol. The number of hydrogen-bond acceptors (Lipinski definition) is 12. The van der Waals surface area contributed by atoms with Crippen molar-refractivity contribution in [3.63, 3.8) is 0 Å². The summed E-state index contributed by atoms with van der Waals surface area (Å²) in [6.45, 7) is 1.76. The van der Waals surface area contributed by atoms with Crippen LogP contribution in [0, 0.1) is 0 Å². The highest BCUT2D eigenvalue weighted by Crippen LogP contribution is 2.33. The largest absolute Gasteiger partial charge is 0.483 e. The minimum atomic E-state index is -3.92.